The Morgan fingerprint density at radius 2 is 2.21 bits per heavy atom. The first-order chi connectivity index (χ1) is 9.02. The van der Waals surface area contributed by atoms with Gasteiger partial charge in [-0.2, -0.15) is 0 Å². The number of nitrogens with zero attached hydrogens (tertiary/aromatic N) is 1. The van der Waals surface area contributed by atoms with E-state index in [1.54, 1.807) is 13.0 Å². The largest absolute Gasteiger partial charge is 0.376 e. The Bertz CT molecular complexity index is 438. The summed E-state index contributed by atoms with van der Waals surface area (Å²) in [6.07, 6.45) is 0.195. The molecule has 0 aromatic heterocycles. The highest BCUT2D eigenvalue weighted by atomic mass is 19.1. The van der Waals surface area contributed by atoms with E-state index in [4.69, 9.17) is 10.5 Å². The van der Waals surface area contributed by atoms with Crippen LogP contribution in [0.15, 0.2) is 18.2 Å². The summed E-state index contributed by atoms with van der Waals surface area (Å²) in [6, 6.07) is 5.76. The molecule has 4 heteroatoms. The Balaban J connectivity index is 2.25. The minimum Gasteiger partial charge on any atom is -0.376 e. The molecule has 19 heavy (non-hydrogen) atoms. The third kappa shape index (κ3) is 3.14. The molecule has 1 heterocycles. The molecule has 2 rings (SSSR count). The standard InChI is InChI=1S/C15H23FN2O/c1-10-4-5-13(6-14(10)16)15(7-17)18-8-12(3)19-9-11(18)2/h4-6,11-12,15H,7-9,17H2,1-3H3. The van der Waals surface area contributed by atoms with E-state index in [1.807, 2.05) is 12.1 Å². The van der Waals surface area contributed by atoms with Crippen molar-refractivity contribution in [3.8, 4) is 0 Å². The molecule has 0 aliphatic carbocycles. The Morgan fingerprint density at radius 1 is 1.47 bits per heavy atom. The van der Waals surface area contributed by atoms with E-state index in [0.717, 1.165) is 12.1 Å². The zero-order valence-corrected chi connectivity index (χ0v) is 11.9. The topological polar surface area (TPSA) is 38.5 Å². The summed E-state index contributed by atoms with van der Waals surface area (Å²) in [5, 5.41) is 0. The van der Waals surface area contributed by atoms with E-state index in [-0.39, 0.29) is 18.0 Å². The lowest BCUT2D eigenvalue weighted by Gasteiger charge is -2.41. The van der Waals surface area contributed by atoms with Crippen LogP contribution in [0, 0.1) is 12.7 Å². The molecule has 1 aromatic rings. The zero-order chi connectivity index (χ0) is 14.0. The molecule has 0 spiro atoms. The molecular weight excluding hydrogens is 243 g/mol. The third-order valence-electron chi connectivity index (χ3n) is 3.86. The summed E-state index contributed by atoms with van der Waals surface area (Å²) in [4.78, 5) is 2.32. The Hall–Kier alpha value is -0.970. The number of hydrogen-bond donors (Lipinski definition) is 1. The van der Waals surface area contributed by atoms with Gasteiger partial charge in [-0.05, 0) is 38.0 Å². The van der Waals surface area contributed by atoms with Crippen LogP contribution < -0.4 is 5.73 Å². The van der Waals surface area contributed by atoms with Crippen molar-refractivity contribution >= 4 is 0 Å². The smallest absolute Gasteiger partial charge is 0.126 e. The minimum atomic E-state index is -0.162. The summed E-state index contributed by atoms with van der Waals surface area (Å²) in [5.74, 6) is -0.162. The van der Waals surface area contributed by atoms with Crippen molar-refractivity contribution in [3.05, 3.63) is 35.1 Å². The summed E-state index contributed by atoms with van der Waals surface area (Å²) in [7, 11) is 0. The first-order valence-electron chi connectivity index (χ1n) is 6.86. The fourth-order valence-electron chi connectivity index (χ4n) is 2.64. The normalized spacial score (nSPS) is 26.4. The van der Waals surface area contributed by atoms with Gasteiger partial charge in [-0.25, -0.2) is 4.39 Å². The second-order valence-corrected chi connectivity index (χ2v) is 5.45. The van der Waals surface area contributed by atoms with E-state index < -0.39 is 0 Å². The Labute approximate surface area is 114 Å². The lowest BCUT2D eigenvalue weighted by atomic mass is 10.0. The summed E-state index contributed by atoms with van der Waals surface area (Å²) < 4.78 is 19.4. The highest BCUT2D eigenvalue weighted by Crippen LogP contribution is 2.26. The first kappa shape index (κ1) is 14.4. The minimum absolute atomic E-state index is 0.0523. The zero-order valence-electron chi connectivity index (χ0n) is 11.9. The monoisotopic (exact) mass is 266 g/mol. The molecule has 0 saturated carbocycles. The number of ether oxygens (including phenoxy) is 1. The van der Waals surface area contributed by atoms with E-state index >= 15 is 0 Å². The van der Waals surface area contributed by atoms with Gasteiger partial charge < -0.3 is 10.5 Å². The van der Waals surface area contributed by atoms with Crippen molar-refractivity contribution in [3.63, 3.8) is 0 Å². The van der Waals surface area contributed by atoms with Crippen molar-refractivity contribution in [2.75, 3.05) is 19.7 Å². The summed E-state index contributed by atoms with van der Waals surface area (Å²) in [6.45, 7) is 7.97. The predicted octanol–water partition coefficient (Wildman–Crippen LogP) is 2.24. The van der Waals surface area contributed by atoms with Gasteiger partial charge in [0.15, 0.2) is 0 Å². The molecule has 1 aliphatic heterocycles. The molecule has 2 N–H and O–H groups in total. The van der Waals surface area contributed by atoms with Crippen LogP contribution in [0.2, 0.25) is 0 Å². The van der Waals surface area contributed by atoms with Crippen molar-refractivity contribution < 1.29 is 9.13 Å². The Kier molecular flexibility index (Phi) is 4.55. The van der Waals surface area contributed by atoms with Crippen LogP contribution in [-0.4, -0.2) is 36.7 Å². The highest BCUT2D eigenvalue weighted by Gasteiger charge is 2.30. The maximum atomic E-state index is 13.7. The summed E-state index contributed by atoms with van der Waals surface area (Å²) >= 11 is 0. The molecule has 1 aromatic carbocycles. The Morgan fingerprint density at radius 3 is 2.84 bits per heavy atom. The molecule has 1 aliphatic rings. The van der Waals surface area contributed by atoms with E-state index in [9.17, 15) is 4.39 Å². The number of aryl methyl sites for hydroxylation is 1. The molecule has 0 radical (unpaired) electrons. The van der Waals surface area contributed by atoms with Crippen molar-refractivity contribution in [1.82, 2.24) is 4.90 Å². The molecule has 106 valence electrons. The van der Waals surface area contributed by atoms with Gasteiger partial charge in [0, 0.05) is 25.2 Å². The maximum absolute atomic E-state index is 13.7. The van der Waals surface area contributed by atoms with Crippen LogP contribution in [0.1, 0.15) is 31.0 Å². The SMILES string of the molecule is Cc1ccc(C(CN)N2CC(C)OCC2C)cc1F. The lowest BCUT2D eigenvalue weighted by Crippen LogP contribution is -2.50. The van der Waals surface area contributed by atoms with Crippen molar-refractivity contribution in [1.29, 1.82) is 0 Å². The third-order valence-corrected chi connectivity index (χ3v) is 3.86. The molecule has 1 fully saturated rings. The van der Waals surface area contributed by atoms with Gasteiger partial charge >= 0.3 is 0 Å². The molecule has 0 amide bonds. The van der Waals surface area contributed by atoms with Gasteiger partial charge in [0.05, 0.1) is 12.7 Å². The van der Waals surface area contributed by atoms with Gasteiger partial charge in [0.1, 0.15) is 5.82 Å². The van der Waals surface area contributed by atoms with Crippen LogP contribution in [-0.2, 0) is 4.74 Å². The van der Waals surface area contributed by atoms with E-state index in [1.165, 1.54) is 0 Å². The average molecular weight is 266 g/mol. The summed E-state index contributed by atoms with van der Waals surface area (Å²) in [5.41, 5.74) is 7.55. The van der Waals surface area contributed by atoms with Crippen LogP contribution in [0.25, 0.3) is 0 Å². The second kappa shape index (κ2) is 5.99. The van der Waals surface area contributed by atoms with Crippen LogP contribution in [0.5, 0.6) is 0 Å². The van der Waals surface area contributed by atoms with E-state index in [2.05, 4.69) is 18.7 Å². The van der Waals surface area contributed by atoms with Gasteiger partial charge in [0.2, 0.25) is 0 Å². The number of morpholine rings is 1. The fraction of sp³-hybridized carbons (Fsp3) is 0.600. The first-order valence-corrected chi connectivity index (χ1v) is 6.86. The predicted molar refractivity (Wildman–Crippen MR) is 74.5 cm³/mol. The number of benzene rings is 1. The molecule has 0 bridgehead atoms. The van der Waals surface area contributed by atoms with Crippen LogP contribution >= 0.6 is 0 Å². The van der Waals surface area contributed by atoms with Crippen LogP contribution in [0.4, 0.5) is 4.39 Å². The molecular formula is C15H23FN2O. The van der Waals surface area contributed by atoms with E-state index in [0.29, 0.717) is 24.8 Å². The van der Waals surface area contributed by atoms with Crippen molar-refractivity contribution in [2.45, 2.75) is 39.0 Å². The molecule has 3 atom stereocenters. The lowest BCUT2D eigenvalue weighted by molar-refractivity contribution is -0.0654. The molecule has 3 nitrogen and oxygen atoms in total. The number of hydrogen-bond acceptors (Lipinski definition) is 3. The molecule has 3 unspecified atom stereocenters. The van der Waals surface area contributed by atoms with Gasteiger partial charge in [-0.15, -0.1) is 0 Å². The molecule has 1 saturated heterocycles. The number of halogens is 1. The van der Waals surface area contributed by atoms with Gasteiger partial charge in [-0.3, -0.25) is 4.90 Å². The highest BCUT2D eigenvalue weighted by molar-refractivity contribution is 5.26. The quantitative estimate of drug-likeness (QED) is 0.912. The van der Waals surface area contributed by atoms with Crippen LogP contribution in [0.3, 0.4) is 0 Å². The number of rotatable bonds is 3. The fourth-order valence-corrected chi connectivity index (χ4v) is 2.64. The van der Waals surface area contributed by atoms with Gasteiger partial charge in [-0.1, -0.05) is 12.1 Å². The second-order valence-electron chi connectivity index (χ2n) is 5.45. The van der Waals surface area contributed by atoms with Crippen molar-refractivity contribution in [2.24, 2.45) is 5.73 Å². The maximum Gasteiger partial charge on any atom is 0.126 e. The van der Waals surface area contributed by atoms with Gasteiger partial charge in [0.25, 0.3) is 0 Å². The number of nitrogens with two attached hydrogens (primary N) is 1. The average Bonchev–Trinajstić information content (AvgIpc) is 2.38.